The van der Waals surface area contributed by atoms with Gasteiger partial charge in [-0.3, -0.25) is 19.4 Å². The van der Waals surface area contributed by atoms with Gasteiger partial charge in [0.2, 0.25) is 5.91 Å². The monoisotopic (exact) mass is 421 g/mol. The maximum Gasteiger partial charge on any atom is 0.338 e. The van der Waals surface area contributed by atoms with Gasteiger partial charge >= 0.3 is 5.97 Å². The second-order valence-electron chi connectivity index (χ2n) is 7.85. The van der Waals surface area contributed by atoms with Crippen LogP contribution in [0.1, 0.15) is 29.3 Å². The normalized spacial score (nSPS) is 20.3. The van der Waals surface area contributed by atoms with Crippen molar-refractivity contribution in [1.29, 1.82) is 0 Å². The third kappa shape index (κ3) is 4.68. The minimum Gasteiger partial charge on any atom is -0.462 e. The zero-order chi connectivity index (χ0) is 21.8. The first-order chi connectivity index (χ1) is 15.1. The Morgan fingerprint density at radius 2 is 1.65 bits per heavy atom. The Morgan fingerprint density at radius 3 is 2.29 bits per heavy atom. The van der Waals surface area contributed by atoms with Crippen LogP contribution < -0.4 is 4.90 Å². The lowest BCUT2D eigenvalue weighted by Crippen LogP contribution is -2.52. The SMILES string of the molecule is CCOC(=O)c1ccc(N2C(=O)C[C@@H](N3CCN(Cc4ccccc4)CC3)C2=O)cc1. The molecule has 7 nitrogen and oxygen atoms in total. The molecular weight excluding hydrogens is 394 g/mol. The Morgan fingerprint density at radius 1 is 0.968 bits per heavy atom. The second-order valence-corrected chi connectivity index (χ2v) is 7.85. The molecule has 0 aromatic heterocycles. The molecule has 0 unspecified atom stereocenters. The van der Waals surface area contributed by atoms with E-state index in [0.717, 1.165) is 32.7 Å². The van der Waals surface area contributed by atoms with E-state index >= 15 is 0 Å². The van der Waals surface area contributed by atoms with Gasteiger partial charge in [-0.2, -0.15) is 0 Å². The average Bonchev–Trinajstić information content (AvgIpc) is 3.09. The first kappa shape index (κ1) is 21.2. The fraction of sp³-hybridized carbons (Fsp3) is 0.375. The predicted octanol–water partition coefficient (Wildman–Crippen LogP) is 2.31. The van der Waals surface area contributed by atoms with Gasteiger partial charge in [-0.05, 0) is 36.8 Å². The quantitative estimate of drug-likeness (QED) is 0.527. The maximum absolute atomic E-state index is 13.1. The van der Waals surface area contributed by atoms with Crippen LogP contribution in [0.25, 0.3) is 0 Å². The van der Waals surface area contributed by atoms with Crippen molar-refractivity contribution in [1.82, 2.24) is 9.80 Å². The van der Waals surface area contributed by atoms with Gasteiger partial charge in [0.1, 0.15) is 0 Å². The number of hydrogen-bond donors (Lipinski definition) is 0. The third-order valence-corrected chi connectivity index (χ3v) is 5.86. The van der Waals surface area contributed by atoms with Gasteiger partial charge in [0.05, 0.1) is 30.3 Å². The highest BCUT2D eigenvalue weighted by molar-refractivity contribution is 6.22. The predicted molar refractivity (Wildman–Crippen MR) is 117 cm³/mol. The third-order valence-electron chi connectivity index (χ3n) is 5.86. The van der Waals surface area contributed by atoms with Gasteiger partial charge in [-0.25, -0.2) is 9.69 Å². The Kier molecular flexibility index (Phi) is 6.44. The fourth-order valence-electron chi connectivity index (χ4n) is 4.21. The number of benzene rings is 2. The van der Waals surface area contributed by atoms with E-state index in [-0.39, 0.29) is 18.2 Å². The summed E-state index contributed by atoms with van der Waals surface area (Å²) in [6.45, 7) is 6.17. The highest BCUT2D eigenvalue weighted by Crippen LogP contribution is 2.27. The minimum absolute atomic E-state index is 0.189. The summed E-state index contributed by atoms with van der Waals surface area (Å²) in [5, 5.41) is 0. The highest BCUT2D eigenvalue weighted by Gasteiger charge is 2.43. The molecule has 2 amide bonds. The van der Waals surface area contributed by atoms with Crippen molar-refractivity contribution in [3.63, 3.8) is 0 Å². The van der Waals surface area contributed by atoms with Gasteiger partial charge in [0.15, 0.2) is 0 Å². The zero-order valence-electron chi connectivity index (χ0n) is 17.7. The molecular formula is C24H27N3O4. The van der Waals surface area contributed by atoms with E-state index in [4.69, 9.17) is 4.74 Å². The lowest BCUT2D eigenvalue weighted by atomic mass is 10.1. The summed E-state index contributed by atoms with van der Waals surface area (Å²) in [4.78, 5) is 43.3. The van der Waals surface area contributed by atoms with Crippen LogP contribution in [0.5, 0.6) is 0 Å². The first-order valence-electron chi connectivity index (χ1n) is 10.7. The van der Waals surface area contributed by atoms with Crippen LogP contribution in [0, 0.1) is 0 Å². The number of nitrogens with zero attached hydrogens (tertiary/aromatic N) is 3. The summed E-state index contributed by atoms with van der Waals surface area (Å²) in [5.41, 5.74) is 2.17. The van der Waals surface area contributed by atoms with Crippen LogP contribution in [-0.2, 0) is 20.9 Å². The first-order valence-corrected chi connectivity index (χ1v) is 10.7. The molecule has 2 saturated heterocycles. The average molecular weight is 421 g/mol. The molecule has 2 aromatic rings. The summed E-state index contributed by atoms with van der Waals surface area (Å²) < 4.78 is 4.98. The number of carbonyl (C=O) groups is 3. The number of hydrogen-bond acceptors (Lipinski definition) is 6. The van der Waals surface area contributed by atoms with E-state index < -0.39 is 12.0 Å². The molecule has 0 spiro atoms. The van der Waals surface area contributed by atoms with Crippen molar-refractivity contribution < 1.29 is 19.1 Å². The number of carbonyl (C=O) groups excluding carboxylic acids is 3. The molecule has 2 aromatic carbocycles. The van der Waals surface area contributed by atoms with E-state index in [1.165, 1.54) is 10.5 Å². The van der Waals surface area contributed by atoms with E-state index in [0.29, 0.717) is 17.9 Å². The highest BCUT2D eigenvalue weighted by atomic mass is 16.5. The van der Waals surface area contributed by atoms with Crippen LogP contribution in [0.4, 0.5) is 5.69 Å². The number of imide groups is 1. The van der Waals surface area contributed by atoms with Gasteiger partial charge < -0.3 is 4.74 Å². The van der Waals surface area contributed by atoms with Gasteiger partial charge in [0, 0.05) is 32.7 Å². The number of ether oxygens (including phenoxy) is 1. The molecule has 162 valence electrons. The molecule has 31 heavy (non-hydrogen) atoms. The molecule has 4 rings (SSSR count). The molecule has 2 aliphatic rings. The van der Waals surface area contributed by atoms with Crippen LogP contribution >= 0.6 is 0 Å². The molecule has 0 aliphatic carbocycles. The van der Waals surface area contributed by atoms with E-state index in [1.54, 1.807) is 31.2 Å². The number of piperazine rings is 1. The molecule has 0 bridgehead atoms. The molecule has 2 aliphatic heterocycles. The molecule has 1 atom stereocenters. The van der Waals surface area contributed by atoms with Crippen molar-refractivity contribution in [2.24, 2.45) is 0 Å². The van der Waals surface area contributed by atoms with Crippen molar-refractivity contribution >= 4 is 23.5 Å². The standard InChI is InChI=1S/C24H27N3O4/c1-2-31-24(30)19-8-10-20(11-9-19)27-22(28)16-21(23(27)29)26-14-12-25(13-15-26)17-18-6-4-3-5-7-18/h3-11,21H,2,12-17H2,1H3/t21-/m1/s1. The van der Waals surface area contributed by atoms with Crippen molar-refractivity contribution in [2.45, 2.75) is 25.9 Å². The summed E-state index contributed by atoms with van der Waals surface area (Å²) in [7, 11) is 0. The number of anilines is 1. The molecule has 7 heteroatoms. The Hall–Kier alpha value is -3.03. The lowest BCUT2D eigenvalue weighted by molar-refractivity contribution is -0.123. The Balaban J connectivity index is 1.37. The molecule has 0 N–H and O–H groups in total. The lowest BCUT2D eigenvalue weighted by Gasteiger charge is -2.37. The van der Waals surface area contributed by atoms with Crippen molar-refractivity contribution in [3.8, 4) is 0 Å². The van der Waals surface area contributed by atoms with Crippen LogP contribution in [-0.4, -0.2) is 66.4 Å². The molecule has 2 fully saturated rings. The van der Waals surface area contributed by atoms with Gasteiger partial charge in [-0.1, -0.05) is 30.3 Å². The van der Waals surface area contributed by atoms with Gasteiger partial charge in [0.25, 0.3) is 5.91 Å². The number of amides is 2. The molecule has 0 saturated carbocycles. The summed E-state index contributed by atoms with van der Waals surface area (Å²) in [6.07, 6.45) is 0.192. The van der Waals surface area contributed by atoms with E-state index in [2.05, 4.69) is 21.9 Å². The largest absolute Gasteiger partial charge is 0.462 e. The van der Waals surface area contributed by atoms with Crippen molar-refractivity contribution in [2.75, 3.05) is 37.7 Å². The summed E-state index contributed by atoms with van der Waals surface area (Å²) >= 11 is 0. The summed E-state index contributed by atoms with van der Waals surface area (Å²) in [6, 6.07) is 16.4. The Labute approximate surface area is 182 Å². The maximum atomic E-state index is 13.1. The van der Waals surface area contributed by atoms with E-state index in [1.807, 2.05) is 18.2 Å². The van der Waals surface area contributed by atoms with Gasteiger partial charge in [-0.15, -0.1) is 0 Å². The smallest absolute Gasteiger partial charge is 0.338 e. The fourth-order valence-corrected chi connectivity index (χ4v) is 4.21. The van der Waals surface area contributed by atoms with E-state index in [9.17, 15) is 14.4 Å². The van der Waals surface area contributed by atoms with Crippen LogP contribution in [0.2, 0.25) is 0 Å². The second kappa shape index (κ2) is 9.41. The number of esters is 1. The Bertz CT molecular complexity index is 937. The molecule has 2 heterocycles. The minimum atomic E-state index is -0.420. The molecule has 0 radical (unpaired) electrons. The zero-order valence-corrected chi connectivity index (χ0v) is 17.7. The van der Waals surface area contributed by atoms with Crippen LogP contribution in [0.15, 0.2) is 54.6 Å². The van der Waals surface area contributed by atoms with Crippen LogP contribution in [0.3, 0.4) is 0 Å². The van der Waals surface area contributed by atoms with Crippen molar-refractivity contribution in [3.05, 3.63) is 65.7 Å². The summed E-state index contributed by atoms with van der Waals surface area (Å²) in [5.74, 6) is -0.810. The topological polar surface area (TPSA) is 70.2 Å². The number of rotatable bonds is 6.